The van der Waals surface area contributed by atoms with Crippen LogP contribution in [0, 0.1) is 0 Å². The molecule has 0 aromatic heterocycles. The molecule has 0 spiro atoms. The lowest BCUT2D eigenvalue weighted by atomic mass is 10.2. The normalized spacial score (nSPS) is 18.0. The number of thioether (sulfide) groups is 1. The second-order valence-corrected chi connectivity index (χ2v) is 6.68. The average molecular weight is 330 g/mol. The third-order valence-electron chi connectivity index (χ3n) is 3.53. The van der Waals surface area contributed by atoms with Crippen molar-refractivity contribution in [1.29, 1.82) is 0 Å². The van der Waals surface area contributed by atoms with Gasteiger partial charge in [0.2, 0.25) is 5.91 Å². The van der Waals surface area contributed by atoms with Gasteiger partial charge in [-0.3, -0.25) is 4.79 Å². The van der Waals surface area contributed by atoms with Gasteiger partial charge >= 0.3 is 0 Å². The van der Waals surface area contributed by atoms with Crippen molar-refractivity contribution in [1.82, 2.24) is 4.90 Å². The summed E-state index contributed by atoms with van der Waals surface area (Å²) in [6.07, 6.45) is 3.51. The van der Waals surface area contributed by atoms with Crippen LogP contribution in [0.5, 0.6) is 0 Å². The van der Waals surface area contributed by atoms with Gasteiger partial charge in [-0.25, -0.2) is 0 Å². The molecular weight excluding hydrogens is 314 g/mol. The topological polar surface area (TPSA) is 20.3 Å². The van der Waals surface area contributed by atoms with Gasteiger partial charge in [-0.1, -0.05) is 54.1 Å². The van der Waals surface area contributed by atoms with Crippen LogP contribution in [0.1, 0.15) is 16.5 Å². The molecule has 1 atom stereocenters. The van der Waals surface area contributed by atoms with Crippen LogP contribution in [0.3, 0.4) is 0 Å². The highest BCUT2D eigenvalue weighted by Crippen LogP contribution is 2.38. The number of hydrogen-bond donors (Lipinski definition) is 0. The fourth-order valence-electron chi connectivity index (χ4n) is 2.46. The Morgan fingerprint density at radius 1 is 1.18 bits per heavy atom. The molecule has 1 heterocycles. The lowest BCUT2D eigenvalue weighted by molar-refractivity contribution is -0.126. The van der Waals surface area contributed by atoms with E-state index in [9.17, 15) is 4.79 Å². The molecule has 0 saturated carbocycles. The second kappa shape index (κ2) is 7.03. The number of halogens is 1. The van der Waals surface area contributed by atoms with Gasteiger partial charge in [0.1, 0.15) is 5.37 Å². The Morgan fingerprint density at radius 3 is 2.77 bits per heavy atom. The summed E-state index contributed by atoms with van der Waals surface area (Å²) < 4.78 is 0. The van der Waals surface area contributed by atoms with Crippen LogP contribution in [0.15, 0.2) is 60.7 Å². The zero-order valence-electron chi connectivity index (χ0n) is 12.0. The molecule has 1 fully saturated rings. The Labute approximate surface area is 139 Å². The van der Waals surface area contributed by atoms with Crippen molar-refractivity contribution < 1.29 is 4.79 Å². The predicted molar refractivity (Wildman–Crippen MR) is 93.8 cm³/mol. The van der Waals surface area contributed by atoms with Gasteiger partial charge in [-0.15, -0.1) is 11.8 Å². The highest BCUT2D eigenvalue weighted by Gasteiger charge is 2.29. The van der Waals surface area contributed by atoms with E-state index in [1.807, 2.05) is 65.6 Å². The summed E-state index contributed by atoms with van der Waals surface area (Å²) in [5, 5.41) is 0.754. The van der Waals surface area contributed by atoms with E-state index in [2.05, 4.69) is 0 Å². The quantitative estimate of drug-likeness (QED) is 0.765. The van der Waals surface area contributed by atoms with E-state index < -0.39 is 0 Å². The van der Waals surface area contributed by atoms with Crippen molar-refractivity contribution >= 4 is 35.3 Å². The minimum atomic E-state index is 0.0406. The summed E-state index contributed by atoms with van der Waals surface area (Å²) in [6, 6.07) is 17.6. The molecule has 0 radical (unpaired) electrons. The number of nitrogens with zero attached hydrogens (tertiary/aromatic N) is 1. The maximum absolute atomic E-state index is 12.5. The zero-order valence-corrected chi connectivity index (χ0v) is 13.6. The summed E-state index contributed by atoms with van der Waals surface area (Å²) in [5.74, 6) is 0.987. The smallest absolute Gasteiger partial charge is 0.247 e. The Hall–Kier alpha value is -1.71. The Morgan fingerprint density at radius 2 is 2.00 bits per heavy atom. The Bertz CT molecular complexity index is 686. The highest BCUT2D eigenvalue weighted by molar-refractivity contribution is 7.99. The van der Waals surface area contributed by atoms with E-state index in [4.69, 9.17) is 11.6 Å². The fourth-order valence-corrected chi connectivity index (χ4v) is 3.91. The van der Waals surface area contributed by atoms with Gasteiger partial charge < -0.3 is 4.90 Å². The van der Waals surface area contributed by atoms with Crippen LogP contribution in [-0.2, 0) is 4.79 Å². The molecule has 2 nitrogen and oxygen atoms in total. The molecule has 1 saturated heterocycles. The molecule has 1 amide bonds. The minimum Gasteiger partial charge on any atom is -0.322 e. The third-order valence-corrected chi connectivity index (χ3v) is 5.02. The van der Waals surface area contributed by atoms with Crippen LogP contribution >= 0.6 is 23.4 Å². The highest BCUT2D eigenvalue weighted by atomic mass is 35.5. The first-order valence-electron chi connectivity index (χ1n) is 7.15. The van der Waals surface area contributed by atoms with E-state index in [1.165, 1.54) is 0 Å². The van der Waals surface area contributed by atoms with E-state index in [-0.39, 0.29) is 11.3 Å². The zero-order chi connectivity index (χ0) is 15.4. The number of rotatable bonds is 3. The molecule has 2 aromatic carbocycles. The summed E-state index contributed by atoms with van der Waals surface area (Å²) >= 11 is 7.84. The molecule has 2 aromatic rings. The van der Waals surface area contributed by atoms with Crippen LogP contribution < -0.4 is 0 Å². The molecule has 1 aliphatic heterocycles. The van der Waals surface area contributed by atoms with Crippen molar-refractivity contribution in [2.45, 2.75) is 5.37 Å². The Balaban J connectivity index is 1.75. The molecule has 22 heavy (non-hydrogen) atoms. The maximum atomic E-state index is 12.5. The average Bonchev–Trinajstić information content (AvgIpc) is 3.03. The lowest BCUT2D eigenvalue weighted by Gasteiger charge is -2.23. The van der Waals surface area contributed by atoms with Crippen molar-refractivity contribution in [2.75, 3.05) is 12.3 Å². The standard InChI is InChI=1S/C18H16ClNOS/c19-16-8-4-7-15(13-16)18-20(11-12-22-18)17(21)10-9-14-5-2-1-3-6-14/h1-10,13,18H,11-12H2/b10-9+. The molecule has 4 heteroatoms. The molecular formula is C18H16ClNOS. The van der Waals surface area contributed by atoms with Crippen LogP contribution in [-0.4, -0.2) is 23.1 Å². The minimum absolute atomic E-state index is 0.0406. The summed E-state index contributed by atoms with van der Waals surface area (Å²) in [5.41, 5.74) is 2.11. The SMILES string of the molecule is O=C(/C=C/c1ccccc1)N1CCSC1c1cccc(Cl)c1. The number of amides is 1. The van der Waals surface area contributed by atoms with Gasteiger partial charge in [-0.2, -0.15) is 0 Å². The van der Waals surface area contributed by atoms with Crippen molar-refractivity contribution in [2.24, 2.45) is 0 Å². The number of benzene rings is 2. The summed E-state index contributed by atoms with van der Waals surface area (Å²) in [6.45, 7) is 0.764. The Kier molecular flexibility index (Phi) is 4.86. The van der Waals surface area contributed by atoms with Crippen LogP contribution in [0.25, 0.3) is 6.08 Å². The van der Waals surface area contributed by atoms with Gasteiger partial charge in [-0.05, 0) is 29.3 Å². The van der Waals surface area contributed by atoms with Crippen molar-refractivity contribution in [3.8, 4) is 0 Å². The molecule has 1 aliphatic rings. The largest absolute Gasteiger partial charge is 0.322 e. The lowest BCUT2D eigenvalue weighted by Crippen LogP contribution is -2.28. The van der Waals surface area contributed by atoms with E-state index in [0.29, 0.717) is 5.02 Å². The van der Waals surface area contributed by atoms with Gasteiger partial charge in [0.05, 0.1) is 0 Å². The summed E-state index contributed by atoms with van der Waals surface area (Å²) in [4.78, 5) is 14.4. The molecule has 112 valence electrons. The van der Waals surface area contributed by atoms with E-state index in [0.717, 1.165) is 23.4 Å². The third kappa shape index (κ3) is 3.54. The molecule has 0 bridgehead atoms. The number of carbonyl (C=O) groups excluding carboxylic acids is 1. The molecule has 1 unspecified atom stereocenters. The fraction of sp³-hybridized carbons (Fsp3) is 0.167. The van der Waals surface area contributed by atoms with E-state index >= 15 is 0 Å². The predicted octanol–water partition coefficient (Wildman–Crippen LogP) is 4.63. The number of hydrogen-bond acceptors (Lipinski definition) is 2. The van der Waals surface area contributed by atoms with Crippen LogP contribution in [0.4, 0.5) is 0 Å². The monoisotopic (exact) mass is 329 g/mol. The second-order valence-electron chi connectivity index (χ2n) is 5.05. The first kappa shape index (κ1) is 15.2. The van der Waals surface area contributed by atoms with Crippen LogP contribution in [0.2, 0.25) is 5.02 Å². The molecule has 0 N–H and O–H groups in total. The summed E-state index contributed by atoms with van der Waals surface area (Å²) in [7, 11) is 0. The first-order valence-corrected chi connectivity index (χ1v) is 8.57. The molecule has 3 rings (SSSR count). The maximum Gasteiger partial charge on any atom is 0.247 e. The van der Waals surface area contributed by atoms with Gasteiger partial charge in [0, 0.05) is 23.4 Å². The van der Waals surface area contributed by atoms with Gasteiger partial charge in [0.25, 0.3) is 0 Å². The van der Waals surface area contributed by atoms with Crippen molar-refractivity contribution in [3.05, 3.63) is 76.8 Å². The first-order chi connectivity index (χ1) is 10.7. The van der Waals surface area contributed by atoms with Crippen molar-refractivity contribution in [3.63, 3.8) is 0 Å². The van der Waals surface area contributed by atoms with Gasteiger partial charge in [0.15, 0.2) is 0 Å². The number of carbonyl (C=O) groups is 1. The molecule has 0 aliphatic carbocycles. The van der Waals surface area contributed by atoms with E-state index in [1.54, 1.807) is 17.8 Å².